The Morgan fingerprint density at radius 3 is 1.97 bits per heavy atom. The number of carbonyl (C=O) groups excluding carboxylic acids is 2. The van der Waals surface area contributed by atoms with Crippen molar-refractivity contribution in [3.8, 4) is 11.5 Å². The van der Waals surface area contributed by atoms with Crippen LogP contribution in [0.4, 0.5) is 5.69 Å². The Kier molecular flexibility index (Phi) is 6.11. The van der Waals surface area contributed by atoms with Crippen LogP contribution in [0.3, 0.4) is 0 Å². The summed E-state index contributed by atoms with van der Waals surface area (Å²) < 4.78 is 5.75. The predicted molar refractivity (Wildman–Crippen MR) is 122 cm³/mol. The number of ketones is 1. The minimum Gasteiger partial charge on any atom is -0.457 e. The number of para-hydroxylation sites is 1. The molecule has 0 aliphatic carbocycles. The molecule has 0 bridgehead atoms. The minimum absolute atomic E-state index is 0.218. The van der Waals surface area contributed by atoms with Gasteiger partial charge in [-0.05, 0) is 54.6 Å². The van der Waals surface area contributed by atoms with Crippen molar-refractivity contribution >= 4 is 29.0 Å². The van der Waals surface area contributed by atoms with Gasteiger partial charge >= 0.3 is 0 Å². The quantitative estimate of drug-likeness (QED) is 0.352. The van der Waals surface area contributed by atoms with Crippen molar-refractivity contribution in [3.63, 3.8) is 0 Å². The van der Waals surface area contributed by atoms with E-state index >= 15 is 0 Å². The maximum absolute atomic E-state index is 12.9. The summed E-state index contributed by atoms with van der Waals surface area (Å²) in [5, 5.41) is 3.23. The monoisotopic (exact) mass is 427 g/mol. The fourth-order valence-electron chi connectivity index (χ4n) is 3.05. The average molecular weight is 428 g/mol. The Bertz CT molecular complexity index is 1210. The third-order valence-electron chi connectivity index (χ3n) is 4.61. The van der Waals surface area contributed by atoms with E-state index in [9.17, 15) is 9.59 Å². The van der Waals surface area contributed by atoms with Gasteiger partial charge in [0.25, 0.3) is 5.91 Å². The summed E-state index contributed by atoms with van der Waals surface area (Å²) in [5.41, 5.74) is 1.68. The van der Waals surface area contributed by atoms with Crippen molar-refractivity contribution in [1.82, 2.24) is 0 Å². The lowest BCUT2D eigenvalue weighted by molar-refractivity contribution is 0.102. The van der Waals surface area contributed by atoms with Gasteiger partial charge < -0.3 is 10.1 Å². The Morgan fingerprint density at radius 2 is 1.29 bits per heavy atom. The molecule has 0 spiro atoms. The molecule has 1 N–H and O–H groups in total. The Balaban J connectivity index is 1.53. The Labute approximate surface area is 185 Å². The molecular formula is C26H18ClNO3. The van der Waals surface area contributed by atoms with Crippen LogP contribution in [-0.2, 0) is 0 Å². The molecule has 31 heavy (non-hydrogen) atoms. The molecule has 0 aromatic heterocycles. The van der Waals surface area contributed by atoms with Crippen LogP contribution < -0.4 is 10.1 Å². The second-order valence-electron chi connectivity index (χ2n) is 6.78. The van der Waals surface area contributed by atoms with E-state index in [1.54, 1.807) is 66.7 Å². The third-order valence-corrected chi connectivity index (χ3v) is 4.84. The number of hydrogen-bond acceptors (Lipinski definition) is 3. The zero-order valence-corrected chi connectivity index (χ0v) is 17.2. The lowest BCUT2D eigenvalue weighted by Crippen LogP contribution is -2.15. The first-order valence-corrected chi connectivity index (χ1v) is 10.0. The zero-order chi connectivity index (χ0) is 21.6. The predicted octanol–water partition coefficient (Wildman–Crippen LogP) is 6.62. The van der Waals surface area contributed by atoms with Crippen molar-refractivity contribution in [2.75, 3.05) is 5.32 Å². The van der Waals surface area contributed by atoms with Gasteiger partial charge in [0.05, 0.1) is 5.69 Å². The fraction of sp³-hybridized carbons (Fsp3) is 0. The molecule has 0 atom stereocenters. The van der Waals surface area contributed by atoms with E-state index in [1.165, 1.54) is 0 Å². The summed E-state index contributed by atoms with van der Waals surface area (Å²) in [4.78, 5) is 25.7. The second-order valence-corrected chi connectivity index (χ2v) is 7.22. The molecule has 4 nitrogen and oxygen atoms in total. The van der Waals surface area contributed by atoms with E-state index in [4.69, 9.17) is 16.3 Å². The molecule has 0 unspecified atom stereocenters. The number of halogens is 1. The average Bonchev–Trinajstić information content (AvgIpc) is 2.81. The fourth-order valence-corrected chi connectivity index (χ4v) is 3.22. The molecular weight excluding hydrogens is 410 g/mol. The summed E-state index contributed by atoms with van der Waals surface area (Å²) in [6.07, 6.45) is 0. The highest BCUT2D eigenvalue weighted by atomic mass is 35.5. The highest BCUT2D eigenvalue weighted by molar-refractivity contribution is 6.31. The van der Waals surface area contributed by atoms with Crippen molar-refractivity contribution in [2.24, 2.45) is 0 Å². The van der Waals surface area contributed by atoms with Crippen molar-refractivity contribution in [3.05, 3.63) is 125 Å². The largest absolute Gasteiger partial charge is 0.457 e. The molecule has 4 aromatic rings. The molecule has 0 radical (unpaired) electrons. The summed E-state index contributed by atoms with van der Waals surface area (Å²) in [5.74, 6) is 0.778. The number of rotatable bonds is 6. The van der Waals surface area contributed by atoms with Crippen molar-refractivity contribution in [1.29, 1.82) is 0 Å². The molecule has 4 rings (SSSR count). The maximum atomic E-state index is 12.9. The van der Waals surface area contributed by atoms with Gasteiger partial charge in [-0.1, -0.05) is 60.1 Å². The lowest BCUT2D eigenvalue weighted by atomic mass is 10.0. The van der Waals surface area contributed by atoms with E-state index in [2.05, 4.69) is 5.32 Å². The van der Waals surface area contributed by atoms with Gasteiger partial charge in [0.2, 0.25) is 0 Å². The number of nitrogens with one attached hydrogen (secondary N) is 1. The summed E-state index contributed by atoms with van der Waals surface area (Å²) in [7, 11) is 0. The molecule has 0 aliphatic rings. The van der Waals surface area contributed by atoms with Crippen LogP contribution in [0.1, 0.15) is 26.3 Å². The number of ether oxygens (including phenoxy) is 1. The van der Waals surface area contributed by atoms with Crippen LogP contribution in [0, 0.1) is 0 Å². The van der Waals surface area contributed by atoms with Crippen LogP contribution >= 0.6 is 11.6 Å². The Hall–Kier alpha value is -3.89. The number of benzene rings is 4. The highest BCUT2D eigenvalue weighted by Crippen LogP contribution is 2.25. The zero-order valence-electron chi connectivity index (χ0n) is 16.4. The van der Waals surface area contributed by atoms with E-state index in [0.717, 1.165) is 0 Å². The first-order chi connectivity index (χ1) is 15.1. The molecule has 0 aliphatic heterocycles. The van der Waals surface area contributed by atoms with E-state index in [0.29, 0.717) is 38.9 Å². The second kappa shape index (κ2) is 9.28. The normalized spacial score (nSPS) is 10.4. The van der Waals surface area contributed by atoms with Crippen LogP contribution in [0.2, 0.25) is 5.02 Å². The molecule has 0 fully saturated rings. The van der Waals surface area contributed by atoms with E-state index < -0.39 is 0 Å². The van der Waals surface area contributed by atoms with Gasteiger partial charge in [-0.15, -0.1) is 0 Å². The Morgan fingerprint density at radius 1 is 0.677 bits per heavy atom. The van der Waals surface area contributed by atoms with Crippen molar-refractivity contribution in [2.45, 2.75) is 0 Å². The van der Waals surface area contributed by atoms with Gasteiger partial charge in [-0.3, -0.25) is 9.59 Å². The van der Waals surface area contributed by atoms with Gasteiger partial charge in [0, 0.05) is 21.7 Å². The highest BCUT2D eigenvalue weighted by Gasteiger charge is 2.17. The van der Waals surface area contributed by atoms with Crippen molar-refractivity contribution < 1.29 is 14.3 Å². The molecule has 152 valence electrons. The third kappa shape index (κ3) is 5.00. The molecule has 4 aromatic carbocycles. The number of anilines is 1. The van der Waals surface area contributed by atoms with Crippen LogP contribution in [0.25, 0.3) is 0 Å². The number of amides is 1. The summed E-state index contributed by atoms with van der Waals surface area (Å²) in [6.45, 7) is 0. The molecule has 0 saturated carbocycles. The van der Waals surface area contributed by atoms with Crippen LogP contribution in [0.5, 0.6) is 11.5 Å². The van der Waals surface area contributed by atoms with Gasteiger partial charge in [0.1, 0.15) is 11.5 Å². The van der Waals surface area contributed by atoms with E-state index in [-0.39, 0.29) is 11.7 Å². The van der Waals surface area contributed by atoms with Gasteiger partial charge in [-0.25, -0.2) is 0 Å². The molecule has 5 heteroatoms. The van der Waals surface area contributed by atoms with Crippen LogP contribution in [-0.4, -0.2) is 11.7 Å². The summed E-state index contributed by atoms with van der Waals surface area (Å²) in [6, 6.07) is 29.8. The lowest BCUT2D eigenvalue weighted by Gasteiger charge is -2.12. The van der Waals surface area contributed by atoms with Gasteiger partial charge in [-0.2, -0.15) is 0 Å². The first-order valence-electron chi connectivity index (χ1n) is 9.64. The van der Waals surface area contributed by atoms with Gasteiger partial charge in [0.15, 0.2) is 5.78 Å². The standard InChI is InChI=1S/C26H18ClNO3/c27-20-13-16-24(23(17-20)25(29)18-7-3-1-4-8-18)28-26(30)19-11-14-22(15-12-19)31-21-9-5-2-6-10-21/h1-17H,(H,28,30). The molecule has 0 saturated heterocycles. The van der Waals surface area contributed by atoms with E-state index in [1.807, 2.05) is 36.4 Å². The SMILES string of the molecule is O=C(Nc1ccc(Cl)cc1C(=O)c1ccccc1)c1ccc(Oc2ccccc2)cc1. The topological polar surface area (TPSA) is 55.4 Å². The number of hydrogen-bond donors (Lipinski definition) is 1. The molecule has 1 amide bonds. The minimum atomic E-state index is -0.337. The smallest absolute Gasteiger partial charge is 0.255 e. The first kappa shape index (κ1) is 20.4. The number of carbonyl (C=O) groups is 2. The maximum Gasteiger partial charge on any atom is 0.255 e. The van der Waals surface area contributed by atoms with Crippen LogP contribution in [0.15, 0.2) is 103 Å². The summed E-state index contributed by atoms with van der Waals surface area (Å²) >= 11 is 6.11. The molecule has 0 heterocycles.